The molecule has 1 heterocycles. The first-order valence-corrected chi connectivity index (χ1v) is 17.9. The first-order chi connectivity index (χ1) is 23.1. The molecule has 0 saturated carbocycles. The highest BCUT2D eigenvalue weighted by Gasteiger charge is 2.39. The van der Waals surface area contributed by atoms with Crippen LogP contribution in [0, 0.1) is 6.92 Å². The van der Waals surface area contributed by atoms with Gasteiger partial charge in [0, 0.05) is 17.3 Å². The van der Waals surface area contributed by atoms with Gasteiger partial charge in [-0.2, -0.15) is 16.8 Å². The monoisotopic (exact) mass is 738 g/mol. The summed E-state index contributed by atoms with van der Waals surface area (Å²) in [4.78, 5) is 25.3. The fourth-order valence-corrected chi connectivity index (χ4v) is 5.65. The molecule has 0 spiro atoms. The van der Waals surface area contributed by atoms with Crippen molar-refractivity contribution in [3.8, 4) is 0 Å². The van der Waals surface area contributed by atoms with E-state index in [9.17, 15) is 26.4 Å². The maximum atomic E-state index is 12.9. The van der Waals surface area contributed by atoms with Gasteiger partial charge in [0.15, 0.2) is 0 Å². The summed E-state index contributed by atoms with van der Waals surface area (Å²) in [6, 6.07) is 20.5. The molecule has 5 N–H and O–H groups in total. The second-order valence-corrected chi connectivity index (χ2v) is 13.4. The van der Waals surface area contributed by atoms with E-state index in [4.69, 9.17) is 40.7 Å². The maximum absolute atomic E-state index is 12.9. The minimum atomic E-state index is -4.02. The van der Waals surface area contributed by atoms with Gasteiger partial charge in [-0.05, 0) is 56.7 Å². The highest BCUT2D eigenvalue weighted by Crippen LogP contribution is 2.41. The van der Waals surface area contributed by atoms with Crippen LogP contribution in [0.1, 0.15) is 30.9 Å². The summed E-state index contributed by atoms with van der Waals surface area (Å²) in [5, 5.41) is 3.52. The lowest BCUT2D eigenvalue weighted by atomic mass is 9.80. The minimum Gasteiger partial charge on any atom is -0.466 e. The Morgan fingerprint density at radius 3 is 1.88 bits per heavy atom. The van der Waals surface area contributed by atoms with Crippen LogP contribution >= 0.6 is 11.6 Å². The molecule has 0 aromatic heterocycles. The van der Waals surface area contributed by atoms with Gasteiger partial charge in [0.2, 0.25) is 0 Å². The molecule has 266 valence electrons. The Morgan fingerprint density at radius 2 is 1.39 bits per heavy atom. The molecule has 0 radical (unpaired) electrons. The van der Waals surface area contributed by atoms with Crippen molar-refractivity contribution in [3.05, 3.63) is 118 Å². The van der Waals surface area contributed by atoms with E-state index in [1.54, 1.807) is 68.4 Å². The molecule has 0 bridgehead atoms. The van der Waals surface area contributed by atoms with Gasteiger partial charge >= 0.3 is 11.9 Å². The number of hydrogen-bond donors (Lipinski definition) is 4. The number of esters is 2. The number of benzene rings is 3. The van der Waals surface area contributed by atoms with E-state index in [1.807, 2.05) is 6.92 Å². The third-order valence-corrected chi connectivity index (χ3v) is 8.71. The number of hydrogen-bond acceptors (Lipinski definition) is 11. The molecule has 0 aliphatic carbocycles. The Bertz CT molecular complexity index is 1860. The van der Waals surface area contributed by atoms with Gasteiger partial charge in [0.25, 0.3) is 20.2 Å². The molecule has 0 fully saturated rings. The van der Waals surface area contributed by atoms with Crippen LogP contribution in [0.25, 0.3) is 0 Å². The van der Waals surface area contributed by atoms with Gasteiger partial charge in [-0.15, -0.1) is 0 Å². The third kappa shape index (κ3) is 12.4. The lowest BCUT2D eigenvalue weighted by molar-refractivity contribution is -0.139. The van der Waals surface area contributed by atoms with Crippen LogP contribution in [0.2, 0.25) is 5.02 Å². The zero-order valence-corrected chi connectivity index (χ0v) is 29.6. The van der Waals surface area contributed by atoms with E-state index in [0.29, 0.717) is 40.7 Å². The molecule has 0 amide bonds. The van der Waals surface area contributed by atoms with E-state index >= 15 is 0 Å². The summed E-state index contributed by atoms with van der Waals surface area (Å²) in [5.74, 6) is -1.86. The van der Waals surface area contributed by atoms with E-state index in [2.05, 4.69) is 5.32 Å². The zero-order chi connectivity index (χ0) is 36.8. The van der Waals surface area contributed by atoms with Gasteiger partial charge in [-0.25, -0.2) is 9.59 Å². The zero-order valence-electron chi connectivity index (χ0n) is 27.3. The van der Waals surface area contributed by atoms with Crippen LogP contribution in [0.5, 0.6) is 0 Å². The summed E-state index contributed by atoms with van der Waals surface area (Å²) in [7, 11) is -6.73. The number of carbonyl (C=O) groups is 2. The van der Waals surface area contributed by atoms with Gasteiger partial charge in [0.05, 0.1) is 59.5 Å². The summed E-state index contributed by atoms with van der Waals surface area (Å²) in [5.41, 5.74) is 8.66. The average molecular weight is 739 g/mol. The predicted molar refractivity (Wildman–Crippen MR) is 183 cm³/mol. The summed E-state index contributed by atoms with van der Waals surface area (Å²) >= 11 is 6.42. The van der Waals surface area contributed by atoms with Crippen molar-refractivity contribution in [1.29, 1.82) is 0 Å². The molecule has 4 rings (SSSR count). The van der Waals surface area contributed by atoms with Crippen molar-refractivity contribution in [2.75, 3.05) is 33.5 Å². The molecular weight excluding hydrogens is 700 g/mol. The average Bonchev–Trinajstić information content (AvgIpc) is 3.05. The number of rotatable bonds is 10. The highest BCUT2D eigenvalue weighted by atomic mass is 35.5. The van der Waals surface area contributed by atoms with Crippen molar-refractivity contribution in [3.63, 3.8) is 0 Å². The fourth-order valence-electron chi connectivity index (χ4n) is 4.42. The van der Waals surface area contributed by atoms with E-state index in [1.165, 1.54) is 31.4 Å². The molecule has 0 saturated heterocycles. The van der Waals surface area contributed by atoms with Crippen molar-refractivity contribution >= 4 is 43.8 Å². The molecular formula is C33H39ClN2O11S2. The first-order valence-electron chi connectivity index (χ1n) is 14.6. The predicted octanol–water partition coefficient (Wildman–Crippen LogP) is 4.44. The van der Waals surface area contributed by atoms with Crippen molar-refractivity contribution in [2.45, 2.75) is 36.5 Å². The lowest BCUT2D eigenvalue weighted by Crippen LogP contribution is -2.35. The van der Waals surface area contributed by atoms with Gasteiger partial charge in [0.1, 0.15) is 0 Å². The van der Waals surface area contributed by atoms with Gasteiger partial charge in [-0.1, -0.05) is 65.7 Å². The number of allylic oxidation sites excluding steroid dienone is 1. The molecule has 3 aromatic carbocycles. The van der Waals surface area contributed by atoms with E-state index < -0.39 is 38.1 Å². The standard InChI is InChI=1S/C20H25ClN2O5.C7H8O3S.C6H6O3S/c1-4-28-20(25)18-15(11-27-10-9-22)23-12(2)16(19(24)26-3)17(18)13-7-5-6-8-14(13)21;1-6-2-4-7(5-3-6)11(8,9)10;7-10(8,9)6-4-2-1-3-5-6/h5-8,17,23H,4,9-11,22H2,1-3H3;2-5H,1H3,(H,8,9,10);1-5H,(H,7,8,9). The van der Waals surface area contributed by atoms with Crippen LogP contribution in [0.3, 0.4) is 0 Å². The Labute approximate surface area is 291 Å². The van der Waals surface area contributed by atoms with Gasteiger partial charge < -0.3 is 25.3 Å². The fraction of sp³-hybridized carbons (Fsp3) is 0.273. The second-order valence-electron chi connectivity index (χ2n) is 10.1. The SMILES string of the molecule is CCOC(=O)C1=C(COCCN)NC(C)=C(C(=O)OC)C1c1ccccc1Cl.Cc1ccc(S(=O)(=O)O)cc1.O=S(=O)(O)c1ccccc1. The lowest BCUT2D eigenvalue weighted by Gasteiger charge is -2.31. The van der Waals surface area contributed by atoms with Crippen molar-refractivity contribution < 1.29 is 49.7 Å². The van der Waals surface area contributed by atoms with Crippen LogP contribution in [0.4, 0.5) is 0 Å². The Hall–Kier alpha value is -4.09. The molecule has 1 aliphatic heterocycles. The largest absolute Gasteiger partial charge is 0.466 e. The number of dihydropyridines is 1. The van der Waals surface area contributed by atoms with Crippen LogP contribution in [0.15, 0.2) is 111 Å². The number of aryl methyl sites for hydroxylation is 1. The second kappa shape index (κ2) is 19.2. The van der Waals surface area contributed by atoms with E-state index in [-0.39, 0.29) is 28.6 Å². The Kier molecular flexibility index (Phi) is 16.1. The van der Waals surface area contributed by atoms with Crippen molar-refractivity contribution in [2.24, 2.45) is 5.73 Å². The number of ether oxygens (including phenoxy) is 3. The van der Waals surface area contributed by atoms with Crippen LogP contribution in [-0.4, -0.2) is 71.4 Å². The molecule has 3 aromatic rings. The van der Waals surface area contributed by atoms with Crippen molar-refractivity contribution in [1.82, 2.24) is 5.32 Å². The summed E-state index contributed by atoms with van der Waals surface area (Å²) in [6.07, 6.45) is 0. The van der Waals surface area contributed by atoms with Crippen LogP contribution in [-0.2, 0) is 44.0 Å². The summed E-state index contributed by atoms with van der Waals surface area (Å²) in [6.45, 7) is 6.26. The number of halogens is 1. The molecule has 49 heavy (non-hydrogen) atoms. The Balaban J connectivity index is 0.000000321. The number of carbonyl (C=O) groups excluding carboxylic acids is 2. The number of nitrogens with one attached hydrogen (secondary N) is 1. The minimum absolute atomic E-state index is 0.0666. The molecule has 1 atom stereocenters. The number of methoxy groups -OCH3 is 1. The summed E-state index contributed by atoms with van der Waals surface area (Å²) < 4.78 is 74.6. The highest BCUT2D eigenvalue weighted by molar-refractivity contribution is 7.86. The smallest absolute Gasteiger partial charge is 0.336 e. The third-order valence-electron chi connectivity index (χ3n) is 6.63. The Morgan fingerprint density at radius 1 is 0.837 bits per heavy atom. The first kappa shape index (κ1) is 41.1. The molecule has 1 aliphatic rings. The molecule has 1 unspecified atom stereocenters. The van der Waals surface area contributed by atoms with Crippen LogP contribution < -0.4 is 11.1 Å². The molecule has 16 heteroatoms. The van der Waals surface area contributed by atoms with Gasteiger partial charge in [-0.3, -0.25) is 9.11 Å². The number of nitrogens with two attached hydrogens (primary N) is 1. The maximum Gasteiger partial charge on any atom is 0.336 e. The topological polar surface area (TPSA) is 209 Å². The van der Waals surface area contributed by atoms with E-state index in [0.717, 1.165) is 5.56 Å². The quantitative estimate of drug-likeness (QED) is 0.129. The molecule has 13 nitrogen and oxygen atoms in total. The normalized spacial score (nSPS) is 14.4.